The quantitative estimate of drug-likeness (QED) is 0.864. The molecule has 2 aliphatic rings. The molecule has 1 aromatic rings. The Morgan fingerprint density at radius 3 is 2.77 bits per heavy atom. The van der Waals surface area contributed by atoms with Crippen molar-refractivity contribution in [3.8, 4) is 0 Å². The Hall–Kier alpha value is -0.680. The predicted molar refractivity (Wildman–Crippen MR) is 84.7 cm³/mol. The Morgan fingerprint density at radius 2 is 2.14 bits per heavy atom. The van der Waals surface area contributed by atoms with Crippen LogP contribution in [0.25, 0.3) is 0 Å². The minimum Gasteiger partial charge on any atom is -0.381 e. The Balaban J connectivity index is 1.73. The van der Waals surface area contributed by atoms with Crippen molar-refractivity contribution in [2.75, 3.05) is 26.9 Å². The van der Waals surface area contributed by atoms with E-state index in [1.165, 1.54) is 0 Å². The molecule has 0 bridgehead atoms. The molecule has 0 aromatic heterocycles. The first-order valence-corrected chi connectivity index (χ1v) is 8.33. The summed E-state index contributed by atoms with van der Waals surface area (Å²) in [6.07, 6.45) is 4.00. The summed E-state index contributed by atoms with van der Waals surface area (Å²) in [5, 5.41) is 3.74. The van der Waals surface area contributed by atoms with Crippen LogP contribution in [0.4, 0.5) is 4.39 Å². The van der Waals surface area contributed by atoms with Gasteiger partial charge in [-0.15, -0.1) is 0 Å². The molecule has 1 N–H and O–H groups in total. The molecular weight excluding hydrogens is 305 g/mol. The van der Waals surface area contributed by atoms with Gasteiger partial charge < -0.3 is 14.8 Å². The van der Waals surface area contributed by atoms with Crippen molar-refractivity contribution in [2.45, 2.75) is 37.3 Å². The number of rotatable bonds is 6. The average Bonchev–Trinajstić information content (AvgIpc) is 3.37. The maximum atomic E-state index is 14.4. The second-order valence-electron chi connectivity index (χ2n) is 6.34. The van der Waals surface area contributed by atoms with Crippen molar-refractivity contribution in [1.29, 1.82) is 0 Å². The summed E-state index contributed by atoms with van der Waals surface area (Å²) in [6, 6.07) is 5.26. The fourth-order valence-electron chi connectivity index (χ4n) is 3.21. The third kappa shape index (κ3) is 3.46. The van der Waals surface area contributed by atoms with Gasteiger partial charge in [0, 0.05) is 51.3 Å². The zero-order valence-electron chi connectivity index (χ0n) is 12.9. The first-order valence-electron chi connectivity index (χ1n) is 7.95. The van der Waals surface area contributed by atoms with E-state index < -0.39 is 0 Å². The van der Waals surface area contributed by atoms with Gasteiger partial charge in [0.15, 0.2) is 0 Å². The Labute approximate surface area is 136 Å². The van der Waals surface area contributed by atoms with E-state index in [-0.39, 0.29) is 22.5 Å². The zero-order valence-corrected chi connectivity index (χ0v) is 13.7. The maximum absolute atomic E-state index is 14.4. The standard InChI is InChI=1S/C17H23ClFNO2/c1-21-17(7-9-22-10-8-17)11-20-16(12-5-6-12)13-3-2-4-14(18)15(13)19/h2-4,12,16,20H,5-11H2,1H3. The van der Waals surface area contributed by atoms with Crippen molar-refractivity contribution in [1.82, 2.24) is 5.32 Å². The van der Waals surface area contributed by atoms with E-state index in [4.69, 9.17) is 21.1 Å². The second-order valence-corrected chi connectivity index (χ2v) is 6.75. The first-order chi connectivity index (χ1) is 10.7. The molecule has 1 aliphatic heterocycles. The minimum atomic E-state index is -0.299. The molecule has 122 valence electrons. The largest absolute Gasteiger partial charge is 0.381 e. The van der Waals surface area contributed by atoms with Gasteiger partial charge in [0.2, 0.25) is 0 Å². The first kappa shape index (κ1) is 16.2. The van der Waals surface area contributed by atoms with Gasteiger partial charge in [-0.2, -0.15) is 0 Å². The van der Waals surface area contributed by atoms with E-state index in [1.54, 1.807) is 13.2 Å². The fraction of sp³-hybridized carbons (Fsp3) is 0.647. The number of hydrogen-bond donors (Lipinski definition) is 1. The molecule has 1 saturated heterocycles. The summed E-state index contributed by atoms with van der Waals surface area (Å²) in [4.78, 5) is 0. The lowest BCUT2D eigenvalue weighted by molar-refractivity contribution is -0.0889. The molecular formula is C17H23ClFNO2. The summed E-state index contributed by atoms with van der Waals surface area (Å²) in [6.45, 7) is 2.14. The van der Waals surface area contributed by atoms with Gasteiger partial charge >= 0.3 is 0 Å². The number of benzene rings is 1. The Morgan fingerprint density at radius 1 is 1.41 bits per heavy atom. The average molecular weight is 328 g/mol. The van der Waals surface area contributed by atoms with Crippen molar-refractivity contribution in [2.24, 2.45) is 5.92 Å². The van der Waals surface area contributed by atoms with Crippen molar-refractivity contribution < 1.29 is 13.9 Å². The molecule has 1 aromatic carbocycles. The Kier molecular flexibility index (Phi) is 5.03. The third-order valence-corrected chi connectivity index (χ3v) is 5.18. The summed E-state index contributed by atoms with van der Waals surface area (Å²) in [5.74, 6) is 0.189. The van der Waals surface area contributed by atoms with E-state index in [2.05, 4.69) is 5.32 Å². The van der Waals surface area contributed by atoms with Crippen LogP contribution in [0.5, 0.6) is 0 Å². The summed E-state index contributed by atoms with van der Waals surface area (Å²) in [7, 11) is 1.75. The number of hydrogen-bond acceptors (Lipinski definition) is 3. The maximum Gasteiger partial charge on any atom is 0.146 e. The Bertz CT molecular complexity index is 515. The SMILES string of the molecule is COC1(CNC(c2cccc(Cl)c2F)C2CC2)CCOCC1. The monoisotopic (exact) mass is 327 g/mol. The summed E-state index contributed by atoms with van der Waals surface area (Å²) < 4.78 is 25.5. The number of halogens is 2. The molecule has 0 radical (unpaired) electrons. The van der Waals surface area contributed by atoms with Crippen LogP contribution in [-0.4, -0.2) is 32.5 Å². The lowest BCUT2D eigenvalue weighted by Crippen LogP contribution is -2.47. The van der Waals surface area contributed by atoms with E-state index in [0.717, 1.165) is 38.9 Å². The van der Waals surface area contributed by atoms with Crippen LogP contribution in [0, 0.1) is 11.7 Å². The fourth-order valence-corrected chi connectivity index (χ4v) is 3.40. The van der Waals surface area contributed by atoms with Crippen molar-refractivity contribution in [3.63, 3.8) is 0 Å². The van der Waals surface area contributed by atoms with E-state index in [9.17, 15) is 4.39 Å². The molecule has 1 heterocycles. The third-order valence-electron chi connectivity index (χ3n) is 4.89. The number of ether oxygens (including phenoxy) is 2. The van der Waals surface area contributed by atoms with Gasteiger partial charge in [0.1, 0.15) is 5.82 Å². The van der Waals surface area contributed by atoms with Crippen molar-refractivity contribution in [3.05, 3.63) is 34.6 Å². The van der Waals surface area contributed by atoms with E-state index in [1.807, 2.05) is 12.1 Å². The highest BCUT2D eigenvalue weighted by molar-refractivity contribution is 6.30. The van der Waals surface area contributed by atoms with Gasteiger partial charge in [0.05, 0.1) is 10.6 Å². The molecule has 3 nitrogen and oxygen atoms in total. The highest BCUT2D eigenvalue weighted by Gasteiger charge is 2.38. The van der Waals surface area contributed by atoms with Crippen LogP contribution in [-0.2, 0) is 9.47 Å². The van der Waals surface area contributed by atoms with Gasteiger partial charge in [-0.1, -0.05) is 23.7 Å². The topological polar surface area (TPSA) is 30.5 Å². The van der Waals surface area contributed by atoms with Crippen LogP contribution in [0.3, 0.4) is 0 Å². The highest BCUT2D eigenvalue weighted by atomic mass is 35.5. The molecule has 3 rings (SSSR count). The van der Waals surface area contributed by atoms with Crippen LogP contribution in [0.15, 0.2) is 18.2 Å². The van der Waals surface area contributed by atoms with E-state index in [0.29, 0.717) is 18.0 Å². The molecule has 5 heteroatoms. The zero-order chi connectivity index (χ0) is 15.6. The second kappa shape index (κ2) is 6.83. The molecule has 1 unspecified atom stereocenters. The summed E-state index contributed by atoms with van der Waals surface area (Å²) >= 11 is 5.94. The normalized spacial score (nSPS) is 22.5. The molecule has 2 fully saturated rings. The van der Waals surface area contributed by atoms with Crippen LogP contribution >= 0.6 is 11.6 Å². The molecule has 22 heavy (non-hydrogen) atoms. The molecule has 1 saturated carbocycles. The van der Waals surface area contributed by atoms with Crippen LogP contribution < -0.4 is 5.32 Å². The highest BCUT2D eigenvalue weighted by Crippen LogP contribution is 2.43. The smallest absolute Gasteiger partial charge is 0.146 e. The molecule has 1 atom stereocenters. The molecule has 1 aliphatic carbocycles. The number of methoxy groups -OCH3 is 1. The van der Waals surface area contributed by atoms with Gasteiger partial charge in [-0.25, -0.2) is 4.39 Å². The van der Waals surface area contributed by atoms with Gasteiger partial charge in [-0.3, -0.25) is 0 Å². The molecule has 0 amide bonds. The lowest BCUT2D eigenvalue weighted by Gasteiger charge is -2.37. The van der Waals surface area contributed by atoms with Crippen LogP contribution in [0.2, 0.25) is 5.02 Å². The minimum absolute atomic E-state index is 0.00794. The number of nitrogens with one attached hydrogen (secondary N) is 1. The molecule has 0 spiro atoms. The lowest BCUT2D eigenvalue weighted by atomic mass is 9.92. The predicted octanol–water partition coefficient (Wildman–Crippen LogP) is 3.72. The summed E-state index contributed by atoms with van der Waals surface area (Å²) in [5.41, 5.74) is 0.466. The van der Waals surface area contributed by atoms with Gasteiger partial charge in [-0.05, 0) is 24.8 Å². The van der Waals surface area contributed by atoms with Gasteiger partial charge in [0.25, 0.3) is 0 Å². The van der Waals surface area contributed by atoms with Crippen molar-refractivity contribution >= 4 is 11.6 Å². The van der Waals surface area contributed by atoms with Crippen LogP contribution in [0.1, 0.15) is 37.3 Å². The van der Waals surface area contributed by atoms with E-state index >= 15 is 0 Å².